The lowest BCUT2D eigenvalue weighted by molar-refractivity contribution is -0.122. The summed E-state index contributed by atoms with van der Waals surface area (Å²) in [7, 11) is 4.61. The van der Waals surface area contributed by atoms with Gasteiger partial charge in [0.05, 0.1) is 26.7 Å². The van der Waals surface area contributed by atoms with Crippen LogP contribution in [-0.2, 0) is 9.53 Å². The first-order valence-electron chi connectivity index (χ1n) is 7.31. The minimum absolute atomic E-state index is 0.0819. The highest BCUT2D eigenvalue weighted by molar-refractivity contribution is 5.95. The molecule has 1 aromatic carbocycles. The number of likely N-dealkylation sites (tertiary alicyclic amines) is 1. The van der Waals surface area contributed by atoms with Gasteiger partial charge in [-0.05, 0) is 18.2 Å². The molecule has 0 aromatic heterocycles. The first-order chi connectivity index (χ1) is 11.0. The highest BCUT2D eigenvalue weighted by Crippen LogP contribution is 2.30. The van der Waals surface area contributed by atoms with Crippen LogP contribution in [0.15, 0.2) is 18.2 Å². The first kappa shape index (κ1) is 17.1. The summed E-state index contributed by atoms with van der Waals surface area (Å²) in [5.41, 5.74) is 5.91. The molecule has 7 heteroatoms. The maximum atomic E-state index is 12.7. The second-order valence-corrected chi connectivity index (χ2v) is 5.50. The zero-order chi connectivity index (χ0) is 17.0. The summed E-state index contributed by atoms with van der Waals surface area (Å²) < 4.78 is 15.5. The number of hydrogen-bond donors (Lipinski definition) is 1. The van der Waals surface area contributed by atoms with Gasteiger partial charge in [0.1, 0.15) is 0 Å². The van der Waals surface area contributed by atoms with Crippen LogP contribution in [0.3, 0.4) is 0 Å². The van der Waals surface area contributed by atoms with Gasteiger partial charge >= 0.3 is 0 Å². The number of rotatable bonds is 6. The van der Waals surface area contributed by atoms with E-state index in [1.807, 2.05) is 0 Å². The third-order valence-corrected chi connectivity index (χ3v) is 4.10. The van der Waals surface area contributed by atoms with Gasteiger partial charge in [-0.15, -0.1) is 0 Å². The van der Waals surface area contributed by atoms with E-state index in [1.54, 1.807) is 30.2 Å². The average Bonchev–Trinajstić information content (AvgIpc) is 2.98. The van der Waals surface area contributed by atoms with Crippen LogP contribution in [0.4, 0.5) is 0 Å². The Labute approximate surface area is 135 Å². The molecule has 0 saturated carbocycles. The van der Waals surface area contributed by atoms with Crippen molar-refractivity contribution >= 4 is 11.8 Å². The van der Waals surface area contributed by atoms with E-state index in [1.165, 1.54) is 14.2 Å². The van der Waals surface area contributed by atoms with Crippen LogP contribution in [0, 0.1) is 11.8 Å². The van der Waals surface area contributed by atoms with Crippen molar-refractivity contribution in [2.45, 2.75) is 0 Å². The molecule has 0 spiro atoms. The van der Waals surface area contributed by atoms with Crippen LogP contribution in [0.25, 0.3) is 0 Å². The number of methoxy groups -OCH3 is 3. The van der Waals surface area contributed by atoms with Gasteiger partial charge in [-0.25, -0.2) is 0 Å². The van der Waals surface area contributed by atoms with Crippen LogP contribution in [0.2, 0.25) is 0 Å². The summed E-state index contributed by atoms with van der Waals surface area (Å²) in [6, 6.07) is 4.98. The molecule has 1 heterocycles. The zero-order valence-electron chi connectivity index (χ0n) is 13.6. The highest BCUT2D eigenvalue weighted by atomic mass is 16.5. The molecular formula is C16H22N2O5. The molecule has 1 fully saturated rings. The quantitative estimate of drug-likeness (QED) is 0.824. The third kappa shape index (κ3) is 3.56. The fraction of sp³-hybridized carbons (Fsp3) is 0.500. The Morgan fingerprint density at radius 3 is 2.43 bits per heavy atom. The summed E-state index contributed by atoms with van der Waals surface area (Å²) >= 11 is 0. The number of carbonyl (C=O) groups excluding carboxylic acids is 2. The van der Waals surface area contributed by atoms with E-state index in [2.05, 4.69) is 0 Å². The number of nitrogens with zero attached hydrogens (tertiary/aromatic N) is 1. The van der Waals surface area contributed by atoms with Crippen molar-refractivity contribution in [3.63, 3.8) is 0 Å². The van der Waals surface area contributed by atoms with E-state index in [0.717, 1.165) is 0 Å². The van der Waals surface area contributed by atoms with Crippen molar-refractivity contribution in [2.24, 2.45) is 17.6 Å². The molecule has 126 valence electrons. The van der Waals surface area contributed by atoms with Gasteiger partial charge in [0.2, 0.25) is 5.91 Å². The van der Waals surface area contributed by atoms with E-state index in [-0.39, 0.29) is 17.7 Å². The topological polar surface area (TPSA) is 91.1 Å². The van der Waals surface area contributed by atoms with Crippen LogP contribution in [-0.4, -0.2) is 57.7 Å². The molecule has 2 N–H and O–H groups in total. The van der Waals surface area contributed by atoms with Gasteiger partial charge in [0, 0.05) is 31.7 Å². The monoisotopic (exact) mass is 322 g/mol. The largest absolute Gasteiger partial charge is 0.493 e. The lowest BCUT2D eigenvalue weighted by Gasteiger charge is -2.17. The van der Waals surface area contributed by atoms with Crippen LogP contribution >= 0.6 is 0 Å². The van der Waals surface area contributed by atoms with Gasteiger partial charge in [-0.3, -0.25) is 9.59 Å². The number of ether oxygens (including phenoxy) is 3. The molecule has 2 amide bonds. The smallest absolute Gasteiger partial charge is 0.254 e. The molecule has 7 nitrogen and oxygen atoms in total. The molecule has 2 rings (SSSR count). The minimum atomic E-state index is -0.408. The molecule has 0 aliphatic carbocycles. The van der Waals surface area contributed by atoms with Gasteiger partial charge < -0.3 is 24.8 Å². The van der Waals surface area contributed by atoms with E-state index >= 15 is 0 Å². The second-order valence-electron chi connectivity index (χ2n) is 5.50. The molecule has 0 bridgehead atoms. The number of nitrogens with two attached hydrogens (primary N) is 1. The molecule has 1 aromatic rings. The predicted octanol–water partition coefficient (Wildman–Crippen LogP) is 0.524. The van der Waals surface area contributed by atoms with Crippen LogP contribution in [0.5, 0.6) is 11.5 Å². The Hall–Kier alpha value is -2.28. The Bertz CT molecular complexity index is 590. The number of amides is 2. The van der Waals surface area contributed by atoms with Gasteiger partial charge in [-0.2, -0.15) is 0 Å². The summed E-state index contributed by atoms with van der Waals surface area (Å²) in [6.45, 7) is 1.13. The average molecular weight is 322 g/mol. The van der Waals surface area contributed by atoms with Crippen LogP contribution < -0.4 is 15.2 Å². The van der Waals surface area contributed by atoms with Crippen molar-refractivity contribution in [1.29, 1.82) is 0 Å². The second kappa shape index (κ2) is 7.32. The summed E-state index contributed by atoms with van der Waals surface area (Å²) in [6.07, 6.45) is 0. The molecule has 1 aliphatic rings. The Morgan fingerprint density at radius 1 is 1.17 bits per heavy atom. The standard InChI is InChI=1S/C16H22N2O5/c1-21-9-11-7-18(8-12(11)15(17)19)16(20)10-4-5-13(22-2)14(6-10)23-3/h4-6,11-12H,7-9H2,1-3H3,(H2,17,19)/t11-,12+/m0/s1. The lowest BCUT2D eigenvalue weighted by atomic mass is 9.96. The summed E-state index contributed by atoms with van der Waals surface area (Å²) in [5, 5.41) is 0. The molecule has 1 saturated heterocycles. The van der Waals surface area contributed by atoms with Crippen LogP contribution in [0.1, 0.15) is 10.4 Å². The first-order valence-corrected chi connectivity index (χ1v) is 7.31. The van der Waals surface area contributed by atoms with E-state index in [4.69, 9.17) is 19.9 Å². The SMILES string of the molecule is COC[C@@H]1CN(C(=O)c2ccc(OC)c(OC)c2)C[C@H]1C(N)=O. The van der Waals surface area contributed by atoms with Crippen molar-refractivity contribution in [3.8, 4) is 11.5 Å². The fourth-order valence-corrected chi connectivity index (χ4v) is 2.89. The normalized spacial score (nSPS) is 20.4. The molecular weight excluding hydrogens is 300 g/mol. The van der Waals surface area contributed by atoms with Gasteiger partial charge in [0.15, 0.2) is 11.5 Å². The lowest BCUT2D eigenvalue weighted by Crippen LogP contribution is -2.32. The molecule has 1 aliphatic heterocycles. The van der Waals surface area contributed by atoms with Gasteiger partial charge in [-0.1, -0.05) is 0 Å². The Balaban J connectivity index is 2.19. The summed E-state index contributed by atoms with van der Waals surface area (Å²) in [4.78, 5) is 25.9. The highest BCUT2D eigenvalue weighted by Gasteiger charge is 2.38. The van der Waals surface area contributed by atoms with Crippen molar-refractivity contribution in [3.05, 3.63) is 23.8 Å². The van der Waals surface area contributed by atoms with Crippen molar-refractivity contribution < 1.29 is 23.8 Å². The number of benzene rings is 1. The minimum Gasteiger partial charge on any atom is -0.493 e. The number of primary amides is 1. The molecule has 0 unspecified atom stereocenters. The molecule has 2 atom stereocenters. The zero-order valence-corrected chi connectivity index (χ0v) is 13.6. The predicted molar refractivity (Wildman–Crippen MR) is 83.5 cm³/mol. The fourth-order valence-electron chi connectivity index (χ4n) is 2.89. The van der Waals surface area contributed by atoms with Crippen molar-refractivity contribution in [2.75, 3.05) is 41.0 Å². The summed E-state index contributed by atoms with van der Waals surface area (Å²) in [5.74, 6) is -0.0127. The van der Waals surface area contributed by atoms with Gasteiger partial charge in [0.25, 0.3) is 5.91 Å². The van der Waals surface area contributed by atoms with E-state index < -0.39 is 5.91 Å². The van der Waals surface area contributed by atoms with E-state index in [9.17, 15) is 9.59 Å². The maximum Gasteiger partial charge on any atom is 0.254 e. The molecule has 0 radical (unpaired) electrons. The van der Waals surface area contributed by atoms with E-state index in [0.29, 0.717) is 36.8 Å². The number of hydrogen-bond acceptors (Lipinski definition) is 5. The molecule has 23 heavy (non-hydrogen) atoms. The maximum absolute atomic E-state index is 12.7. The Morgan fingerprint density at radius 2 is 1.87 bits per heavy atom. The number of carbonyl (C=O) groups is 2. The third-order valence-electron chi connectivity index (χ3n) is 4.10. The van der Waals surface area contributed by atoms with Crippen molar-refractivity contribution in [1.82, 2.24) is 4.90 Å². The Kier molecular flexibility index (Phi) is 5.44.